The first-order valence-electron chi connectivity index (χ1n) is 8.79. The number of rotatable bonds is 5. The van der Waals surface area contributed by atoms with Gasteiger partial charge >= 0.3 is 0 Å². The number of anilines is 1. The fourth-order valence-corrected chi connectivity index (χ4v) is 3.04. The van der Waals surface area contributed by atoms with E-state index in [-0.39, 0.29) is 5.91 Å². The number of likely N-dealkylation sites (tertiary alicyclic amines) is 1. The molecule has 2 aromatic heterocycles. The van der Waals surface area contributed by atoms with E-state index in [2.05, 4.69) is 15.3 Å². The number of carbonyl (C=O) groups excluding carboxylic acids is 1. The van der Waals surface area contributed by atoms with Gasteiger partial charge in [-0.1, -0.05) is 30.3 Å². The molecule has 0 atom stereocenters. The third-order valence-electron chi connectivity index (χ3n) is 4.39. The van der Waals surface area contributed by atoms with Crippen molar-refractivity contribution in [3.63, 3.8) is 0 Å². The molecule has 3 aromatic rings. The van der Waals surface area contributed by atoms with E-state index in [4.69, 9.17) is 4.42 Å². The summed E-state index contributed by atoms with van der Waals surface area (Å²) in [5.74, 6) is 1.91. The minimum atomic E-state index is -0.0388. The lowest BCUT2D eigenvalue weighted by Crippen LogP contribution is -2.28. The van der Waals surface area contributed by atoms with Crippen LogP contribution in [0, 0.1) is 0 Å². The normalized spacial score (nSPS) is 13.8. The van der Waals surface area contributed by atoms with Gasteiger partial charge in [-0.05, 0) is 25.0 Å². The van der Waals surface area contributed by atoms with E-state index in [0.29, 0.717) is 23.9 Å². The zero-order chi connectivity index (χ0) is 17.8. The molecule has 1 N–H and O–H groups in total. The summed E-state index contributed by atoms with van der Waals surface area (Å²) in [7, 11) is 0. The van der Waals surface area contributed by atoms with Crippen LogP contribution >= 0.6 is 0 Å². The monoisotopic (exact) mass is 348 g/mol. The second kappa shape index (κ2) is 7.39. The van der Waals surface area contributed by atoms with E-state index in [1.165, 1.54) is 0 Å². The minimum absolute atomic E-state index is 0.0388. The first-order chi connectivity index (χ1) is 12.8. The molecule has 26 heavy (non-hydrogen) atoms. The quantitative estimate of drug-likeness (QED) is 0.763. The summed E-state index contributed by atoms with van der Waals surface area (Å²) in [6, 6.07) is 15.1. The molecule has 1 aromatic carbocycles. The number of hydrogen-bond donors (Lipinski definition) is 1. The van der Waals surface area contributed by atoms with Crippen LogP contribution in [0.1, 0.15) is 29.1 Å². The molecule has 0 saturated carbocycles. The van der Waals surface area contributed by atoms with Crippen molar-refractivity contribution in [2.24, 2.45) is 0 Å². The highest BCUT2D eigenvalue weighted by atomic mass is 16.3. The molecule has 4 rings (SSSR count). The molecule has 1 saturated heterocycles. The Bertz CT molecular complexity index is 872. The van der Waals surface area contributed by atoms with Crippen molar-refractivity contribution in [1.29, 1.82) is 0 Å². The molecule has 6 nitrogen and oxygen atoms in total. The Morgan fingerprint density at radius 1 is 1.08 bits per heavy atom. The van der Waals surface area contributed by atoms with Crippen LogP contribution in [-0.2, 0) is 6.54 Å². The Kier molecular flexibility index (Phi) is 4.64. The van der Waals surface area contributed by atoms with Crippen molar-refractivity contribution in [2.75, 3.05) is 18.4 Å². The maximum Gasteiger partial charge on any atom is 0.272 e. The number of furan rings is 1. The highest BCUT2D eigenvalue weighted by Gasteiger charge is 2.22. The Balaban J connectivity index is 1.65. The van der Waals surface area contributed by atoms with Gasteiger partial charge in [-0.2, -0.15) is 0 Å². The van der Waals surface area contributed by atoms with Crippen molar-refractivity contribution in [3.05, 3.63) is 66.2 Å². The van der Waals surface area contributed by atoms with Gasteiger partial charge in [0, 0.05) is 24.7 Å². The standard InChI is InChI=1S/C20H20N4O2/c25-20(24-10-4-5-11-24)17-13-18(21-14-16-9-6-12-26-16)23-19(22-17)15-7-2-1-3-8-15/h1-3,6-9,12-13H,4-5,10-11,14H2,(H,21,22,23). The van der Waals surface area contributed by atoms with Crippen LogP contribution in [0.3, 0.4) is 0 Å². The van der Waals surface area contributed by atoms with E-state index in [0.717, 1.165) is 37.3 Å². The highest BCUT2D eigenvalue weighted by Crippen LogP contribution is 2.20. The predicted octanol–water partition coefficient (Wildman–Crippen LogP) is 3.58. The first kappa shape index (κ1) is 16.3. The van der Waals surface area contributed by atoms with Crippen molar-refractivity contribution in [3.8, 4) is 11.4 Å². The van der Waals surface area contributed by atoms with Crippen molar-refractivity contribution in [2.45, 2.75) is 19.4 Å². The van der Waals surface area contributed by atoms with Crippen molar-refractivity contribution >= 4 is 11.7 Å². The van der Waals surface area contributed by atoms with E-state index >= 15 is 0 Å². The molecule has 0 bridgehead atoms. The molecule has 0 spiro atoms. The summed E-state index contributed by atoms with van der Waals surface area (Å²) in [6.45, 7) is 2.08. The topological polar surface area (TPSA) is 71.3 Å². The smallest absolute Gasteiger partial charge is 0.272 e. The average molecular weight is 348 g/mol. The molecule has 1 aliphatic heterocycles. The lowest BCUT2D eigenvalue weighted by Gasteiger charge is -2.16. The van der Waals surface area contributed by atoms with Crippen molar-refractivity contribution < 1.29 is 9.21 Å². The van der Waals surface area contributed by atoms with Crippen LogP contribution < -0.4 is 5.32 Å². The van der Waals surface area contributed by atoms with Gasteiger partial charge < -0.3 is 14.6 Å². The first-order valence-corrected chi connectivity index (χ1v) is 8.79. The molecule has 1 amide bonds. The summed E-state index contributed by atoms with van der Waals surface area (Å²) in [6.07, 6.45) is 3.73. The van der Waals surface area contributed by atoms with Crippen LogP contribution in [0.4, 0.5) is 5.82 Å². The Labute approximate surface area is 151 Å². The number of hydrogen-bond acceptors (Lipinski definition) is 5. The van der Waals surface area contributed by atoms with Crippen LogP contribution in [0.15, 0.2) is 59.2 Å². The summed E-state index contributed by atoms with van der Waals surface area (Å²) < 4.78 is 5.35. The van der Waals surface area contributed by atoms with E-state index in [9.17, 15) is 4.79 Å². The predicted molar refractivity (Wildman–Crippen MR) is 98.6 cm³/mol. The number of carbonyl (C=O) groups is 1. The summed E-state index contributed by atoms with van der Waals surface area (Å²) >= 11 is 0. The van der Waals surface area contributed by atoms with E-state index in [1.54, 1.807) is 12.3 Å². The Morgan fingerprint density at radius 3 is 2.62 bits per heavy atom. The molecule has 0 radical (unpaired) electrons. The summed E-state index contributed by atoms with van der Waals surface area (Å²) in [5, 5.41) is 3.23. The SMILES string of the molecule is O=C(c1cc(NCc2ccco2)nc(-c2ccccc2)n1)N1CCCC1. The maximum atomic E-state index is 12.8. The average Bonchev–Trinajstić information content (AvgIpc) is 3.40. The molecular formula is C20H20N4O2. The van der Waals surface area contributed by atoms with Gasteiger partial charge in [0.05, 0.1) is 12.8 Å². The lowest BCUT2D eigenvalue weighted by atomic mass is 10.2. The third kappa shape index (κ3) is 3.59. The molecule has 1 aliphatic rings. The zero-order valence-electron chi connectivity index (χ0n) is 14.4. The summed E-state index contributed by atoms with van der Waals surface area (Å²) in [4.78, 5) is 23.8. The van der Waals surface area contributed by atoms with Gasteiger partial charge in [-0.25, -0.2) is 9.97 Å². The number of aromatic nitrogens is 2. The Hall–Kier alpha value is -3.15. The fourth-order valence-electron chi connectivity index (χ4n) is 3.04. The number of nitrogens with one attached hydrogen (secondary N) is 1. The van der Waals surface area contributed by atoms with Gasteiger partial charge in [-0.3, -0.25) is 4.79 Å². The minimum Gasteiger partial charge on any atom is -0.467 e. The van der Waals surface area contributed by atoms with Crippen LogP contribution in [-0.4, -0.2) is 33.9 Å². The third-order valence-corrected chi connectivity index (χ3v) is 4.39. The largest absolute Gasteiger partial charge is 0.467 e. The molecule has 6 heteroatoms. The highest BCUT2D eigenvalue weighted by molar-refractivity contribution is 5.93. The second-order valence-electron chi connectivity index (χ2n) is 6.26. The number of nitrogens with zero attached hydrogens (tertiary/aromatic N) is 3. The zero-order valence-corrected chi connectivity index (χ0v) is 14.4. The van der Waals surface area contributed by atoms with Gasteiger partial charge in [0.1, 0.15) is 17.3 Å². The van der Waals surface area contributed by atoms with Gasteiger partial charge in [0.15, 0.2) is 5.82 Å². The molecular weight excluding hydrogens is 328 g/mol. The van der Waals surface area contributed by atoms with Crippen LogP contribution in [0.25, 0.3) is 11.4 Å². The van der Waals surface area contributed by atoms with E-state index in [1.807, 2.05) is 47.4 Å². The number of amides is 1. The van der Waals surface area contributed by atoms with Gasteiger partial charge in [0.2, 0.25) is 0 Å². The lowest BCUT2D eigenvalue weighted by molar-refractivity contribution is 0.0787. The number of benzene rings is 1. The molecule has 0 unspecified atom stereocenters. The maximum absolute atomic E-state index is 12.8. The van der Waals surface area contributed by atoms with Crippen LogP contribution in [0.5, 0.6) is 0 Å². The van der Waals surface area contributed by atoms with Gasteiger partial charge in [0.25, 0.3) is 5.91 Å². The van der Waals surface area contributed by atoms with Gasteiger partial charge in [-0.15, -0.1) is 0 Å². The molecule has 132 valence electrons. The van der Waals surface area contributed by atoms with E-state index < -0.39 is 0 Å². The second-order valence-corrected chi connectivity index (χ2v) is 6.26. The molecule has 1 fully saturated rings. The molecule has 3 heterocycles. The van der Waals surface area contributed by atoms with Crippen molar-refractivity contribution in [1.82, 2.24) is 14.9 Å². The Morgan fingerprint density at radius 2 is 1.88 bits per heavy atom. The van der Waals surface area contributed by atoms with Crippen LogP contribution in [0.2, 0.25) is 0 Å². The summed E-state index contributed by atoms with van der Waals surface area (Å²) in [5.41, 5.74) is 1.30. The fraction of sp³-hybridized carbons (Fsp3) is 0.250. The molecule has 0 aliphatic carbocycles.